The van der Waals surface area contributed by atoms with Crippen LogP contribution >= 0.6 is 0 Å². The average Bonchev–Trinajstić information content (AvgIpc) is 2.70. The molecule has 0 bridgehead atoms. The lowest BCUT2D eigenvalue weighted by Crippen LogP contribution is -2.56. The Morgan fingerprint density at radius 1 is 1.14 bits per heavy atom. The molecule has 0 heterocycles. The number of carbonyl (C=O) groups excluding carboxylic acids is 1. The van der Waals surface area contributed by atoms with Gasteiger partial charge in [-0.2, -0.15) is 0 Å². The second-order valence-electron chi connectivity index (χ2n) is 10.2. The van der Waals surface area contributed by atoms with E-state index in [1.807, 2.05) is 6.92 Å². The van der Waals surface area contributed by atoms with Crippen molar-refractivity contribution in [2.45, 2.75) is 65.1 Å². The fraction of sp³-hybridized carbons (Fsp3) is 0.957. The molecule has 3 aliphatic rings. The van der Waals surface area contributed by atoms with Gasteiger partial charge in [0.15, 0.2) is 0 Å². The molecular weight excluding hydrogens is 370 g/mol. The Labute approximate surface area is 175 Å². The molecule has 0 aromatic carbocycles. The van der Waals surface area contributed by atoms with E-state index < -0.39 is 12.2 Å². The Morgan fingerprint density at radius 2 is 1.83 bits per heavy atom. The first-order valence-corrected chi connectivity index (χ1v) is 11.6. The molecule has 3 rings (SSSR count). The van der Waals surface area contributed by atoms with Gasteiger partial charge in [-0.15, -0.1) is 0 Å². The highest BCUT2D eigenvalue weighted by Gasteiger charge is 2.55. The van der Waals surface area contributed by atoms with E-state index in [1.165, 1.54) is 0 Å². The molecule has 11 unspecified atom stereocenters. The van der Waals surface area contributed by atoms with Gasteiger partial charge in [0, 0.05) is 18.3 Å². The van der Waals surface area contributed by atoms with Crippen LogP contribution in [0.15, 0.2) is 0 Å². The molecule has 0 aromatic heterocycles. The number of ketones is 1. The molecule has 0 aliphatic heterocycles. The van der Waals surface area contributed by atoms with Crippen LogP contribution in [-0.4, -0.2) is 53.3 Å². The van der Waals surface area contributed by atoms with Crippen molar-refractivity contribution in [3.05, 3.63) is 0 Å². The van der Waals surface area contributed by atoms with Crippen molar-refractivity contribution in [3.63, 3.8) is 0 Å². The van der Waals surface area contributed by atoms with Gasteiger partial charge in [0.1, 0.15) is 12.6 Å². The molecule has 3 fully saturated rings. The molecule has 6 nitrogen and oxygen atoms in total. The largest absolute Gasteiger partial charge is 0.393 e. The van der Waals surface area contributed by atoms with Crippen LogP contribution in [0.4, 0.5) is 0 Å². The van der Waals surface area contributed by atoms with Gasteiger partial charge in [0.2, 0.25) is 0 Å². The zero-order chi connectivity index (χ0) is 21.3. The molecule has 168 valence electrons. The quantitative estimate of drug-likeness (QED) is 0.475. The molecule has 3 aliphatic carbocycles. The van der Waals surface area contributed by atoms with Gasteiger partial charge in [-0.3, -0.25) is 4.79 Å². The standard InChI is InChI=1S/C23H41NO5/c1-12-4-5-15-16-6-7-19(26)18(9-24)22(16)20(27)8-17(15)21(12)23(28)14(3)13(2)10-29-11-25/h12-19,21-23,25-26,28H,4-11,24H2,1-3H3. The van der Waals surface area contributed by atoms with Crippen molar-refractivity contribution < 1.29 is 24.9 Å². The molecule has 0 aromatic rings. The summed E-state index contributed by atoms with van der Waals surface area (Å²) in [5, 5.41) is 30.7. The monoisotopic (exact) mass is 411 g/mol. The van der Waals surface area contributed by atoms with E-state index in [0.717, 1.165) is 25.7 Å². The fourth-order valence-electron chi connectivity index (χ4n) is 7.00. The van der Waals surface area contributed by atoms with Crippen LogP contribution in [0.25, 0.3) is 0 Å². The summed E-state index contributed by atoms with van der Waals surface area (Å²) in [5.74, 6) is 1.62. The number of carbonyl (C=O) groups is 1. The number of nitrogens with two attached hydrogens (primary N) is 1. The Hall–Kier alpha value is -0.530. The Morgan fingerprint density at radius 3 is 2.48 bits per heavy atom. The molecule has 6 heteroatoms. The normalized spacial score (nSPS) is 43.2. The molecule has 0 saturated heterocycles. The first kappa shape index (κ1) is 23.1. The second-order valence-corrected chi connectivity index (χ2v) is 10.2. The third kappa shape index (κ3) is 4.42. The highest BCUT2D eigenvalue weighted by atomic mass is 16.6. The number of aliphatic hydroxyl groups is 3. The zero-order valence-electron chi connectivity index (χ0n) is 18.2. The summed E-state index contributed by atoms with van der Waals surface area (Å²) in [4.78, 5) is 13.2. The summed E-state index contributed by atoms with van der Waals surface area (Å²) in [6.45, 7) is 6.81. The van der Waals surface area contributed by atoms with Gasteiger partial charge in [-0.25, -0.2) is 0 Å². The number of ether oxygens (including phenoxy) is 1. The minimum Gasteiger partial charge on any atom is -0.393 e. The maximum Gasteiger partial charge on any atom is 0.143 e. The van der Waals surface area contributed by atoms with E-state index in [1.54, 1.807) is 0 Å². The summed E-state index contributed by atoms with van der Waals surface area (Å²) in [7, 11) is 0. The van der Waals surface area contributed by atoms with Crippen LogP contribution in [-0.2, 0) is 9.53 Å². The van der Waals surface area contributed by atoms with Crippen molar-refractivity contribution >= 4 is 5.78 Å². The highest BCUT2D eigenvalue weighted by molar-refractivity contribution is 5.83. The van der Waals surface area contributed by atoms with Crippen molar-refractivity contribution in [2.24, 2.45) is 59.0 Å². The first-order chi connectivity index (χ1) is 13.8. The summed E-state index contributed by atoms with van der Waals surface area (Å²) >= 11 is 0. The number of Topliss-reactive ketones (excluding diaryl/α,β-unsaturated/α-hetero) is 1. The zero-order valence-corrected chi connectivity index (χ0v) is 18.2. The van der Waals surface area contributed by atoms with Crippen LogP contribution in [0.5, 0.6) is 0 Å². The molecule has 5 N–H and O–H groups in total. The maximum atomic E-state index is 13.2. The van der Waals surface area contributed by atoms with Gasteiger partial charge >= 0.3 is 0 Å². The van der Waals surface area contributed by atoms with Crippen LogP contribution < -0.4 is 5.73 Å². The average molecular weight is 412 g/mol. The smallest absolute Gasteiger partial charge is 0.143 e. The van der Waals surface area contributed by atoms with E-state index in [2.05, 4.69) is 13.8 Å². The fourth-order valence-corrected chi connectivity index (χ4v) is 7.00. The van der Waals surface area contributed by atoms with Gasteiger partial charge in [-0.1, -0.05) is 27.2 Å². The van der Waals surface area contributed by atoms with Gasteiger partial charge in [0.05, 0.1) is 18.8 Å². The summed E-state index contributed by atoms with van der Waals surface area (Å²) in [6, 6.07) is 0. The van der Waals surface area contributed by atoms with E-state index >= 15 is 0 Å². The maximum absolute atomic E-state index is 13.2. The van der Waals surface area contributed by atoms with E-state index in [0.29, 0.717) is 37.3 Å². The first-order valence-electron chi connectivity index (χ1n) is 11.6. The van der Waals surface area contributed by atoms with Gasteiger partial charge < -0.3 is 25.8 Å². The molecule has 0 amide bonds. The Balaban J connectivity index is 1.80. The Bertz CT molecular complexity index is 557. The minimum atomic E-state index is -0.487. The summed E-state index contributed by atoms with van der Waals surface area (Å²) < 4.78 is 5.16. The lowest BCUT2D eigenvalue weighted by Gasteiger charge is -2.55. The van der Waals surface area contributed by atoms with Crippen molar-refractivity contribution in [3.8, 4) is 0 Å². The number of hydrogen-bond donors (Lipinski definition) is 4. The van der Waals surface area contributed by atoms with Crippen LogP contribution in [0.1, 0.15) is 52.9 Å². The number of hydrogen-bond acceptors (Lipinski definition) is 6. The lowest BCUT2D eigenvalue weighted by atomic mass is 9.50. The molecular formula is C23H41NO5. The topological polar surface area (TPSA) is 113 Å². The SMILES string of the molecule is CC(COCO)C(C)C(O)C1C(C)CCC2C3CCC(O)C(CN)C3C(=O)CC21. The van der Waals surface area contributed by atoms with E-state index in [9.17, 15) is 15.0 Å². The predicted octanol–water partition coefficient (Wildman–Crippen LogP) is 1.80. The third-order valence-corrected chi connectivity index (χ3v) is 8.80. The molecule has 3 saturated carbocycles. The minimum absolute atomic E-state index is 0.0329. The summed E-state index contributed by atoms with van der Waals surface area (Å²) in [5.41, 5.74) is 5.96. The number of rotatable bonds is 7. The van der Waals surface area contributed by atoms with Crippen LogP contribution in [0.2, 0.25) is 0 Å². The number of fused-ring (bicyclic) bond motifs is 3. The molecule has 29 heavy (non-hydrogen) atoms. The Kier molecular flexibility index (Phi) is 7.77. The molecule has 0 spiro atoms. The third-order valence-electron chi connectivity index (χ3n) is 8.80. The summed E-state index contributed by atoms with van der Waals surface area (Å²) in [6.07, 6.45) is 3.36. The van der Waals surface area contributed by atoms with Crippen molar-refractivity contribution in [1.82, 2.24) is 0 Å². The highest BCUT2D eigenvalue weighted by Crippen LogP contribution is 2.55. The van der Waals surface area contributed by atoms with E-state index in [-0.39, 0.29) is 48.1 Å². The second kappa shape index (κ2) is 9.73. The van der Waals surface area contributed by atoms with Gasteiger partial charge in [-0.05, 0) is 67.2 Å². The van der Waals surface area contributed by atoms with Crippen LogP contribution in [0, 0.1) is 53.3 Å². The van der Waals surface area contributed by atoms with Crippen molar-refractivity contribution in [2.75, 3.05) is 19.9 Å². The molecule has 0 radical (unpaired) electrons. The van der Waals surface area contributed by atoms with E-state index in [4.69, 9.17) is 15.6 Å². The van der Waals surface area contributed by atoms with Crippen LogP contribution in [0.3, 0.4) is 0 Å². The lowest BCUT2D eigenvalue weighted by molar-refractivity contribution is -0.154. The van der Waals surface area contributed by atoms with Gasteiger partial charge in [0.25, 0.3) is 0 Å². The molecule has 11 atom stereocenters. The predicted molar refractivity (Wildman–Crippen MR) is 111 cm³/mol. The van der Waals surface area contributed by atoms with Crippen molar-refractivity contribution in [1.29, 1.82) is 0 Å². The number of aliphatic hydroxyl groups excluding tert-OH is 3.